The number of hydrogen-bond donors (Lipinski definition) is 1. The molecule has 2 rings (SSSR count). The summed E-state index contributed by atoms with van der Waals surface area (Å²) >= 11 is 0. The van der Waals surface area contributed by atoms with E-state index in [1.807, 2.05) is 0 Å². The summed E-state index contributed by atoms with van der Waals surface area (Å²) in [6.45, 7) is 3.20. The van der Waals surface area contributed by atoms with Gasteiger partial charge in [-0.3, -0.25) is 4.79 Å². The fraction of sp³-hybridized carbons (Fsp3) is 0.250. The van der Waals surface area contributed by atoms with Gasteiger partial charge < -0.3 is 5.11 Å². The van der Waals surface area contributed by atoms with Crippen molar-refractivity contribution in [2.24, 2.45) is 0 Å². The van der Waals surface area contributed by atoms with Crippen molar-refractivity contribution in [1.29, 1.82) is 0 Å². The highest BCUT2D eigenvalue weighted by molar-refractivity contribution is 6.00. The Morgan fingerprint density at radius 1 is 1.40 bits per heavy atom. The van der Waals surface area contributed by atoms with Crippen LogP contribution in [0.4, 0.5) is 0 Å². The predicted octanol–water partition coefficient (Wildman–Crippen LogP) is 1.29. The van der Waals surface area contributed by atoms with Gasteiger partial charge >= 0.3 is 0 Å². The molecule has 0 fully saturated rings. The molecule has 3 heteroatoms. The number of aliphatic hydroxyl groups is 1. The number of benzene rings is 1. The Morgan fingerprint density at radius 2 is 2.07 bits per heavy atom. The lowest BCUT2D eigenvalue weighted by Gasteiger charge is -2.25. The molecule has 0 saturated carbocycles. The molecule has 1 heterocycles. The number of amides is 1. The summed E-state index contributed by atoms with van der Waals surface area (Å²) < 4.78 is 0. The predicted molar refractivity (Wildman–Crippen MR) is 55.6 cm³/mol. The van der Waals surface area contributed by atoms with Crippen LogP contribution in [0.1, 0.15) is 29.8 Å². The van der Waals surface area contributed by atoms with Gasteiger partial charge in [0.2, 0.25) is 0 Å². The molecule has 76 valence electrons. The number of rotatable bonds is 0. The topological polar surface area (TPSA) is 40.5 Å². The average molecular weight is 201 g/mol. The van der Waals surface area contributed by atoms with Gasteiger partial charge in [0.25, 0.3) is 5.91 Å². The van der Waals surface area contributed by atoms with Crippen LogP contribution < -0.4 is 0 Å². The molecule has 1 aliphatic heterocycles. The fourth-order valence-corrected chi connectivity index (χ4v) is 1.79. The van der Waals surface area contributed by atoms with Crippen molar-refractivity contribution in [3.63, 3.8) is 0 Å². The average Bonchev–Trinajstić information content (AvgIpc) is 2.41. The summed E-state index contributed by atoms with van der Waals surface area (Å²) in [6, 6.07) is 9.62. The zero-order chi connectivity index (χ0) is 11.1. The number of fused-ring (bicyclic) bond motifs is 1. The molecular weight excluding hydrogens is 190 g/mol. The highest BCUT2D eigenvalue weighted by Crippen LogP contribution is 2.35. The molecule has 3 nitrogen and oxygen atoms in total. The van der Waals surface area contributed by atoms with Gasteiger partial charge in [-0.1, -0.05) is 24.1 Å². The van der Waals surface area contributed by atoms with Gasteiger partial charge in [0.15, 0.2) is 5.72 Å². The van der Waals surface area contributed by atoms with Crippen LogP contribution in [0.2, 0.25) is 0 Å². The van der Waals surface area contributed by atoms with Gasteiger partial charge in [-0.2, -0.15) is 0 Å². The largest absolute Gasteiger partial charge is 0.366 e. The monoisotopic (exact) mass is 201 g/mol. The third-order valence-electron chi connectivity index (χ3n) is 2.53. The van der Waals surface area contributed by atoms with E-state index in [0.717, 1.165) is 4.90 Å². The second-order valence-electron chi connectivity index (χ2n) is 3.57. The Labute approximate surface area is 88.3 Å². The lowest BCUT2D eigenvalue weighted by atomic mass is 10.0. The van der Waals surface area contributed by atoms with E-state index in [9.17, 15) is 9.90 Å². The van der Waals surface area contributed by atoms with E-state index in [4.69, 9.17) is 0 Å². The zero-order valence-corrected chi connectivity index (χ0v) is 8.61. The first-order valence-electron chi connectivity index (χ1n) is 4.68. The van der Waals surface area contributed by atoms with Crippen LogP contribution in [0.3, 0.4) is 0 Å². The van der Waals surface area contributed by atoms with Crippen molar-refractivity contribution in [2.45, 2.75) is 19.6 Å². The van der Waals surface area contributed by atoms with Gasteiger partial charge in [0.1, 0.15) is 0 Å². The SMILES string of the molecule is CC#CN1C(=O)c2ccccc2C1(C)O. The summed E-state index contributed by atoms with van der Waals surface area (Å²) in [5.41, 5.74) is -0.195. The van der Waals surface area contributed by atoms with E-state index in [0.29, 0.717) is 11.1 Å². The molecule has 1 aromatic carbocycles. The molecule has 0 spiro atoms. The number of nitrogens with zero attached hydrogens (tertiary/aromatic N) is 1. The van der Waals surface area contributed by atoms with Crippen LogP contribution >= 0.6 is 0 Å². The molecule has 1 amide bonds. The molecule has 0 aliphatic carbocycles. The molecule has 0 bridgehead atoms. The summed E-state index contributed by atoms with van der Waals surface area (Å²) in [5.74, 6) is 2.38. The second kappa shape index (κ2) is 3.11. The minimum atomic E-state index is -1.32. The van der Waals surface area contributed by atoms with Crippen molar-refractivity contribution < 1.29 is 9.90 Å². The molecule has 0 aromatic heterocycles. The summed E-state index contributed by atoms with van der Waals surface area (Å²) in [4.78, 5) is 13.0. The summed E-state index contributed by atoms with van der Waals surface area (Å²) in [6.07, 6.45) is 0. The third kappa shape index (κ3) is 1.23. The van der Waals surface area contributed by atoms with Gasteiger partial charge in [-0.15, -0.1) is 0 Å². The normalized spacial score (nSPS) is 23.4. The second-order valence-corrected chi connectivity index (χ2v) is 3.57. The minimum Gasteiger partial charge on any atom is -0.366 e. The molecular formula is C12H11NO2. The molecule has 1 atom stereocenters. The van der Waals surface area contributed by atoms with E-state index in [2.05, 4.69) is 12.0 Å². The first-order valence-corrected chi connectivity index (χ1v) is 4.68. The number of hydrogen-bond acceptors (Lipinski definition) is 2. The van der Waals surface area contributed by atoms with Gasteiger partial charge in [-0.25, -0.2) is 4.90 Å². The van der Waals surface area contributed by atoms with Crippen LogP contribution in [-0.4, -0.2) is 15.9 Å². The van der Waals surface area contributed by atoms with Crippen LogP contribution in [0.25, 0.3) is 0 Å². The standard InChI is InChI=1S/C12H11NO2/c1-3-8-13-11(14)9-6-4-5-7-10(9)12(13,2)15/h4-7,15H,1-2H3. The van der Waals surface area contributed by atoms with Crippen molar-refractivity contribution in [3.05, 3.63) is 35.4 Å². The summed E-state index contributed by atoms with van der Waals surface area (Å²) in [5, 5.41) is 10.2. The zero-order valence-electron chi connectivity index (χ0n) is 8.61. The lowest BCUT2D eigenvalue weighted by Crippen LogP contribution is -2.37. The van der Waals surface area contributed by atoms with Crippen molar-refractivity contribution in [1.82, 2.24) is 4.90 Å². The highest BCUT2D eigenvalue weighted by Gasteiger charge is 2.44. The van der Waals surface area contributed by atoms with Crippen LogP contribution in [0, 0.1) is 12.0 Å². The minimum absolute atomic E-state index is 0.245. The fourth-order valence-electron chi connectivity index (χ4n) is 1.79. The smallest absolute Gasteiger partial charge is 0.268 e. The molecule has 15 heavy (non-hydrogen) atoms. The third-order valence-corrected chi connectivity index (χ3v) is 2.53. The number of carbonyl (C=O) groups excluding carboxylic acids is 1. The molecule has 1 N–H and O–H groups in total. The quantitative estimate of drug-likeness (QED) is 0.642. The maximum atomic E-state index is 11.9. The lowest BCUT2D eigenvalue weighted by molar-refractivity contribution is -0.0395. The van der Waals surface area contributed by atoms with E-state index in [1.54, 1.807) is 38.1 Å². The van der Waals surface area contributed by atoms with E-state index in [-0.39, 0.29) is 5.91 Å². The Hall–Kier alpha value is -1.79. The van der Waals surface area contributed by atoms with Gasteiger partial charge in [0.05, 0.1) is 0 Å². The molecule has 1 unspecified atom stereocenters. The van der Waals surface area contributed by atoms with Crippen molar-refractivity contribution >= 4 is 5.91 Å². The maximum Gasteiger partial charge on any atom is 0.268 e. The van der Waals surface area contributed by atoms with E-state index < -0.39 is 5.72 Å². The van der Waals surface area contributed by atoms with Crippen molar-refractivity contribution in [2.75, 3.05) is 0 Å². The molecule has 0 saturated heterocycles. The Morgan fingerprint density at radius 3 is 2.67 bits per heavy atom. The van der Waals surface area contributed by atoms with Gasteiger partial charge in [-0.05, 0) is 19.9 Å². The molecule has 0 radical (unpaired) electrons. The van der Waals surface area contributed by atoms with E-state index >= 15 is 0 Å². The molecule has 1 aliphatic rings. The number of carbonyl (C=O) groups is 1. The first-order chi connectivity index (χ1) is 7.09. The maximum absolute atomic E-state index is 11.9. The Kier molecular flexibility index (Phi) is 2.02. The molecule has 1 aromatic rings. The van der Waals surface area contributed by atoms with Crippen LogP contribution in [0.5, 0.6) is 0 Å². The van der Waals surface area contributed by atoms with Crippen LogP contribution in [0.15, 0.2) is 24.3 Å². The van der Waals surface area contributed by atoms with Gasteiger partial charge in [0, 0.05) is 17.2 Å². The summed E-state index contributed by atoms with van der Waals surface area (Å²) in [7, 11) is 0. The first kappa shape index (κ1) is 9.75. The van der Waals surface area contributed by atoms with Crippen LogP contribution in [-0.2, 0) is 5.72 Å². The van der Waals surface area contributed by atoms with Crippen molar-refractivity contribution in [3.8, 4) is 12.0 Å². The Bertz CT molecular complexity index is 480. The highest BCUT2D eigenvalue weighted by atomic mass is 16.3. The Balaban J connectivity index is 2.63. The van der Waals surface area contributed by atoms with E-state index in [1.165, 1.54) is 0 Å².